The smallest absolute Gasteiger partial charge is 0.269 e. The fraction of sp³-hybridized carbons (Fsp3) is 0.231. The Morgan fingerprint density at radius 3 is 2.38 bits per heavy atom. The van der Waals surface area contributed by atoms with Crippen molar-refractivity contribution in [2.24, 2.45) is 0 Å². The zero-order chi connectivity index (χ0) is 26.3. The first kappa shape index (κ1) is 26.0. The second-order valence-corrected chi connectivity index (χ2v) is 9.89. The fourth-order valence-electron chi connectivity index (χ4n) is 3.66. The summed E-state index contributed by atoms with van der Waals surface area (Å²) in [5.74, 6) is -0.263. The lowest BCUT2D eigenvalue weighted by Gasteiger charge is -2.13. The first-order chi connectivity index (χ1) is 17.9. The Hall–Kier alpha value is -4.09. The molecule has 0 aliphatic carbocycles. The molecule has 37 heavy (non-hydrogen) atoms. The first-order valence-electron chi connectivity index (χ1n) is 11.6. The second-order valence-electron chi connectivity index (χ2n) is 8.21. The lowest BCUT2D eigenvalue weighted by molar-refractivity contribution is 0.0679. The summed E-state index contributed by atoms with van der Waals surface area (Å²) in [6.07, 6.45) is 2.08. The molecule has 3 aromatic carbocycles. The number of rotatable bonds is 9. The molecule has 1 saturated heterocycles. The molecule has 0 saturated carbocycles. The van der Waals surface area contributed by atoms with Crippen LogP contribution in [0.4, 0.5) is 5.69 Å². The highest BCUT2D eigenvalue weighted by atomic mass is 32.2. The maximum absolute atomic E-state index is 12.9. The van der Waals surface area contributed by atoms with Crippen molar-refractivity contribution in [1.29, 1.82) is 0 Å². The third kappa shape index (κ3) is 6.78. The molecule has 0 bridgehead atoms. The standard InChI is InChI=1S/C26H27N3O7S/c1-34-24-10-3-2-9-23(24)29-37(32,33)22-8-4-6-19(16-22)26(31)28-27-25(30)18-11-13-20(14-12-18)36-17-21-7-5-15-35-21/h2-4,6,8-14,16,21,29H,5,7,15,17H2,1H3,(H,27,30)(H,28,31). The molecule has 1 aliphatic heterocycles. The summed E-state index contributed by atoms with van der Waals surface area (Å²) >= 11 is 0. The van der Waals surface area contributed by atoms with E-state index in [2.05, 4.69) is 15.6 Å². The van der Waals surface area contributed by atoms with Crippen molar-refractivity contribution in [3.63, 3.8) is 0 Å². The molecular weight excluding hydrogens is 498 g/mol. The SMILES string of the molecule is COc1ccccc1NS(=O)(=O)c1cccc(C(=O)NNC(=O)c2ccc(OCC3CCCO3)cc2)c1. The van der Waals surface area contributed by atoms with Gasteiger partial charge in [0.25, 0.3) is 21.8 Å². The number of hydrogen-bond donors (Lipinski definition) is 3. The minimum absolute atomic E-state index is 0.0427. The third-order valence-electron chi connectivity index (χ3n) is 5.62. The third-order valence-corrected chi connectivity index (χ3v) is 6.99. The summed E-state index contributed by atoms with van der Waals surface area (Å²) in [6, 6.07) is 18.5. The fourth-order valence-corrected chi connectivity index (χ4v) is 4.78. The van der Waals surface area contributed by atoms with Crippen molar-refractivity contribution in [3.05, 3.63) is 83.9 Å². The molecule has 194 valence electrons. The summed E-state index contributed by atoms with van der Waals surface area (Å²) < 4.78 is 44.5. The van der Waals surface area contributed by atoms with Gasteiger partial charge in [0.15, 0.2) is 0 Å². The summed E-state index contributed by atoms with van der Waals surface area (Å²) in [5, 5.41) is 0. The van der Waals surface area contributed by atoms with Crippen molar-refractivity contribution in [1.82, 2.24) is 10.9 Å². The Morgan fingerprint density at radius 1 is 0.946 bits per heavy atom. The molecule has 11 heteroatoms. The summed E-state index contributed by atoms with van der Waals surface area (Å²) in [5.41, 5.74) is 5.23. The van der Waals surface area contributed by atoms with Crippen LogP contribution in [0, 0.1) is 0 Å². The number of carbonyl (C=O) groups excluding carboxylic acids is 2. The molecule has 10 nitrogen and oxygen atoms in total. The van der Waals surface area contributed by atoms with Crippen LogP contribution >= 0.6 is 0 Å². The van der Waals surface area contributed by atoms with E-state index >= 15 is 0 Å². The van der Waals surface area contributed by atoms with Crippen molar-refractivity contribution in [2.75, 3.05) is 25.0 Å². The summed E-state index contributed by atoms with van der Waals surface area (Å²) in [4.78, 5) is 24.9. The van der Waals surface area contributed by atoms with Gasteiger partial charge in [0, 0.05) is 17.7 Å². The molecule has 4 rings (SSSR count). The Balaban J connectivity index is 1.34. The predicted octanol–water partition coefficient (Wildman–Crippen LogP) is 3.13. The molecule has 1 heterocycles. The number of hydrogen-bond acceptors (Lipinski definition) is 7. The van der Waals surface area contributed by atoms with Gasteiger partial charge in [0.05, 0.1) is 23.8 Å². The monoisotopic (exact) mass is 525 g/mol. The number of para-hydroxylation sites is 2. The molecule has 1 aliphatic rings. The Morgan fingerprint density at radius 2 is 1.68 bits per heavy atom. The van der Waals surface area contributed by atoms with Gasteiger partial charge in [-0.1, -0.05) is 18.2 Å². The maximum Gasteiger partial charge on any atom is 0.269 e. The number of hydrazine groups is 1. The maximum atomic E-state index is 12.9. The first-order valence-corrected chi connectivity index (χ1v) is 13.0. The zero-order valence-electron chi connectivity index (χ0n) is 20.1. The van der Waals surface area contributed by atoms with E-state index in [4.69, 9.17) is 14.2 Å². The van der Waals surface area contributed by atoms with E-state index in [0.717, 1.165) is 19.4 Å². The number of ether oxygens (including phenoxy) is 3. The average Bonchev–Trinajstić information content (AvgIpc) is 3.45. The molecule has 1 atom stereocenters. The van der Waals surface area contributed by atoms with Crippen LogP contribution in [0.5, 0.6) is 11.5 Å². The molecule has 3 N–H and O–H groups in total. The van der Waals surface area contributed by atoms with E-state index in [1.807, 2.05) is 0 Å². The summed E-state index contributed by atoms with van der Waals surface area (Å²) in [7, 11) is -2.58. The highest BCUT2D eigenvalue weighted by Crippen LogP contribution is 2.26. The Bertz CT molecular complexity index is 1350. The molecule has 0 radical (unpaired) electrons. The van der Waals surface area contributed by atoms with Gasteiger partial charge >= 0.3 is 0 Å². The van der Waals surface area contributed by atoms with Crippen molar-refractivity contribution in [3.8, 4) is 11.5 Å². The van der Waals surface area contributed by atoms with Gasteiger partial charge in [-0.15, -0.1) is 0 Å². The van der Waals surface area contributed by atoms with Gasteiger partial charge in [-0.2, -0.15) is 0 Å². The van der Waals surface area contributed by atoms with Crippen LogP contribution in [-0.2, 0) is 14.8 Å². The minimum atomic E-state index is -4.01. The Labute approximate surface area is 215 Å². The van der Waals surface area contributed by atoms with Crippen LogP contribution in [0.15, 0.2) is 77.7 Å². The predicted molar refractivity (Wildman–Crippen MR) is 136 cm³/mol. The second kappa shape index (κ2) is 11.8. The van der Waals surface area contributed by atoms with E-state index in [1.165, 1.54) is 31.4 Å². The largest absolute Gasteiger partial charge is 0.495 e. The number of carbonyl (C=O) groups is 2. The summed E-state index contributed by atoms with van der Waals surface area (Å²) in [6.45, 7) is 1.20. The van der Waals surface area contributed by atoms with Crippen LogP contribution in [0.1, 0.15) is 33.6 Å². The number of benzene rings is 3. The van der Waals surface area contributed by atoms with Crippen LogP contribution in [0.3, 0.4) is 0 Å². The van der Waals surface area contributed by atoms with E-state index in [9.17, 15) is 18.0 Å². The van der Waals surface area contributed by atoms with Gasteiger partial charge in [-0.25, -0.2) is 8.42 Å². The molecule has 2 amide bonds. The number of nitrogens with one attached hydrogen (secondary N) is 3. The van der Waals surface area contributed by atoms with Crippen molar-refractivity contribution < 1.29 is 32.2 Å². The number of sulfonamides is 1. The average molecular weight is 526 g/mol. The molecule has 3 aromatic rings. The van der Waals surface area contributed by atoms with E-state index in [1.54, 1.807) is 48.5 Å². The van der Waals surface area contributed by atoms with Gasteiger partial charge in [-0.3, -0.25) is 25.2 Å². The highest BCUT2D eigenvalue weighted by Gasteiger charge is 2.19. The number of anilines is 1. The molecule has 1 fully saturated rings. The van der Waals surface area contributed by atoms with Gasteiger partial charge in [0.1, 0.15) is 18.1 Å². The van der Waals surface area contributed by atoms with Crippen LogP contribution in [0.25, 0.3) is 0 Å². The van der Waals surface area contributed by atoms with Crippen LogP contribution in [0.2, 0.25) is 0 Å². The van der Waals surface area contributed by atoms with Gasteiger partial charge < -0.3 is 14.2 Å². The van der Waals surface area contributed by atoms with E-state index < -0.39 is 21.8 Å². The van der Waals surface area contributed by atoms with Gasteiger partial charge in [-0.05, 0) is 67.4 Å². The number of methoxy groups -OCH3 is 1. The van der Waals surface area contributed by atoms with Crippen LogP contribution < -0.4 is 25.0 Å². The van der Waals surface area contributed by atoms with Crippen LogP contribution in [-0.4, -0.2) is 46.7 Å². The lowest BCUT2D eigenvalue weighted by atomic mass is 10.2. The quantitative estimate of drug-likeness (QED) is 0.366. The molecular formula is C26H27N3O7S. The Kier molecular flexibility index (Phi) is 8.26. The zero-order valence-corrected chi connectivity index (χ0v) is 20.9. The lowest BCUT2D eigenvalue weighted by Crippen LogP contribution is -2.41. The molecule has 1 unspecified atom stereocenters. The highest BCUT2D eigenvalue weighted by molar-refractivity contribution is 7.92. The minimum Gasteiger partial charge on any atom is -0.495 e. The van der Waals surface area contributed by atoms with Gasteiger partial charge in [0.2, 0.25) is 0 Å². The molecule has 0 spiro atoms. The molecule has 0 aromatic heterocycles. The van der Waals surface area contributed by atoms with E-state index in [-0.39, 0.29) is 22.3 Å². The topological polar surface area (TPSA) is 132 Å². The van der Waals surface area contributed by atoms with E-state index in [0.29, 0.717) is 23.7 Å². The van der Waals surface area contributed by atoms with Crippen molar-refractivity contribution >= 4 is 27.5 Å². The van der Waals surface area contributed by atoms with Crippen molar-refractivity contribution in [2.45, 2.75) is 23.8 Å². The number of amides is 2. The normalized spacial score (nSPS) is 15.0.